The maximum absolute atomic E-state index is 13.8. The van der Waals surface area contributed by atoms with Gasteiger partial charge in [0.2, 0.25) is 0 Å². The van der Waals surface area contributed by atoms with Crippen LogP contribution in [0.5, 0.6) is 11.5 Å². The summed E-state index contributed by atoms with van der Waals surface area (Å²) in [6, 6.07) is 10.0. The number of carbonyl (C=O) groups is 1. The molecule has 194 valence electrons. The van der Waals surface area contributed by atoms with Crippen molar-refractivity contribution in [2.24, 2.45) is 4.99 Å². The molecule has 0 fully saturated rings. The van der Waals surface area contributed by atoms with E-state index < -0.39 is 12.0 Å². The van der Waals surface area contributed by atoms with E-state index in [2.05, 4.69) is 20.9 Å². The summed E-state index contributed by atoms with van der Waals surface area (Å²) in [4.78, 5) is 31.9. The Morgan fingerprint density at radius 3 is 2.43 bits per heavy atom. The third-order valence-electron chi connectivity index (χ3n) is 5.65. The summed E-state index contributed by atoms with van der Waals surface area (Å²) in [5, 5.41) is 0.555. The van der Waals surface area contributed by atoms with Gasteiger partial charge in [0.25, 0.3) is 5.56 Å². The van der Waals surface area contributed by atoms with E-state index in [9.17, 15) is 9.59 Å². The van der Waals surface area contributed by atoms with Gasteiger partial charge in [0.05, 0.1) is 46.1 Å². The van der Waals surface area contributed by atoms with Crippen LogP contribution in [0.1, 0.15) is 44.9 Å². The number of halogens is 2. The van der Waals surface area contributed by atoms with Gasteiger partial charge in [-0.05, 0) is 73.5 Å². The Balaban J connectivity index is 1.94. The molecule has 0 amide bonds. The van der Waals surface area contributed by atoms with Crippen LogP contribution in [-0.4, -0.2) is 30.4 Å². The normalized spacial score (nSPS) is 15.3. The summed E-state index contributed by atoms with van der Waals surface area (Å²) in [6.07, 6.45) is 1.78. The number of fused-ring (bicyclic) bond motifs is 1. The molecule has 10 heteroatoms. The quantitative estimate of drug-likeness (QED) is 0.337. The van der Waals surface area contributed by atoms with Gasteiger partial charge in [-0.25, -0.2) is 9.79 Å². The maximum Gasteiger partial charge on any atom is 0.338 e. The third kappa shape index (κ3) is 5.54. The predicted molar refractivity (Wildman–Crippen MR) is 148 cm³/mol. The van der Waals surface area contributed by atoms with Gasteiger partial charge in [-0.1, -0.05) is 35.1 Å². The van der Waals surface area contributed by atoms with Crippen molar-refractivity contribution in [1.82, 2.24) is 4.57 Å². The first-order chi connectivity index (χ1) is 17.8. The fraction of sp³-hybridized carbons (Fsp3) is 0.296. The fourth-order valence-electron chi connectivity index (χ4n) is 4.10. The van der Waals surface area contributed by atoms with Crippen molar-refractivity contribution >= 4 is 50.9 Å². The number of allylic oxidation sites excluding steroid dienone is 1. The average molecular weight is 606 g/mol. The lowest BCUT2D eigenvalue weighted by molar-refractivity contribution is -0.139. The van der Waals surface area contributed by atoms with Crippen LogP contribution in [0.25, 0.3) is 6.08 Å². The molecule has 0 saturated heterocycles. The van der Waals surface area contributed by atoms with Crippen molar-refractivity contribution in [3.8, 4) is 11.5 Å². The number of nitrogens with zero attached hydrogens (tertiary/aromatic N) is 2. The SMILES string of the molecule is CCOC(=O)C1=C(C)N=c2s/c(=C\c3cc(Br)c(OCC)cc3OCC)c(=O)n2[C@H]1c1ccc(Cl)cc1. The topological polar surface area (TPSA) is 79.1 Å². The highest BCUT2D eigenvalue weighted by molar-refractivity contribution is 9.10. The van der Waals surface area contributed by atoms with Crippen molar-refractivity contribution in [3.63, 3.8) is 0 Å². The zero-order chi connectivity index (χ0) is 26.7. The highest BCUT2D eigenvalue weighted by Crippen LogP contribution is 2.34. The minimum absolute atomic E-state index is 0.209. The molecular weight excluding hydrogens is 580 g/mol. The average Bonchev–Trinajstić information content (AvgIpc) is 3.16. The van der Waals surface area contributed by atoms with Crippen LogP contribution < -0.4 is 24.4 Å². The van der Waals surface area contributed by atoms with Gasteiger partial charge in [-0.3, -0.25) is 9.36 Å². The van der Waals surface area contributed by atoms with Crippen molar-refractivity contribution in [2.75, 3.05) is 19.8 Å². The van der Waals surface area contributed by atoms with Crippen LogP contribution in [-0.2, 0) is 9.53 Å². The van der Waals surface area contributed by atoms with E-state index in [0.29, 0.717) is 55.9 Å². The number of thiazole rings is 1. The minimum atomic E-state index is -0.701. The maximum atomic E-state index is 13.8. The summed E-state index contributed by atoms with van der Waals surface area (Å²) in [5.74, 6) is 0.742. The second kappa shape index (κ2) is 11.7. The number of hydrogen-bond acceptors (Lipinski definition) is 7. The second-order valence-electron chi connectivity index (χ2n) is 8.04. The Morgan fingerprint density at radius 1 is 1.11 bits per heavy atom. The third-order valence-corrected chi connectivity index (χ3v) is 7.51. The summed E-state index contributed by atoms with van der Waals surface area (Å²) >= 11 is 10.9. The van der Waals surface area contributed by atoms with Gasteiger partial charge in [0.1, 0.15) is 11.5 Å². The number of aromatic nitrogens is 1. The van der Waals surface area contributed by atoms with E-state index in [1.165, 1.54) is 11.3 Å². The van der Waals surface area contributed by atoms with Gasteiger partial charge < -0.3 is 14.2 Å². The summed E-state index contributed by atoms with van der Waals surface area (Å²) in [6.45, 7) is 8.47. The van der Waals surface area contributed by atoms with E-state index in [1.54, 1.807) is 54.8 Å². The molecule has 0 aliphatic carbocycles. The fourth-order valence-corrected chi connectivity index (χ4v) is 5.74. The zero-order valence-corrected chi connectivity index (χ0v) is 24.0. The lowest BCUT2D eigenvalue weighted by atomic mass is 9.96. The van der Waals surface area contributed by atoms with Crippen LogP contribution in [0.3, 0.4) is 0 Å². The van der Waals surface area contributed by atoms with Gasteiger partial charge >= 0.3 is 5.97 Å². The zero-order valence-electron chi connectivity index (χ0n) is 20.8. The minimum Gasteiger partial charge on any atom is -0.493 e. The Morgan fingerprint density at radius 2 is 1.78 bits per heavy atom. The standard InChI is InChI=1S/C27H26BrClN2O5S/c1-5-34-20-14-21(35-6-2)19(28)12-17(20)13-22-25(32)31-24(16-8-10-18(29)11-9-16)23(26(33)36-7-3)15(4)30-27(31)37-22/h8-14,24H,5-7H2,1-4H3/b22-13-/t24-/m0/s1. The molecule has 1 aliphatic rings. The van der Waals surface area contributed by atoms with E-state index in [1.807, 2.05) is 19.9 Å². The van der Waals surface area contributed by atoms with E-state index in [0.717, 1.165) is 10.0 Å². The molecule has 1 aliphatic heterocycles. The van der Waals surface area contributed by atoms with Crippen molar-refractivity contribution in [3.05, 3.63) is 88.0 Å². The van der Waals surface area contributed by atoms with Crippen molar-refractivity contribution in [1.29, 1.82) is 0 Å². The van der Waals surface area contributed by atoms with E-state index >= 15 is 0 Å². The summed E-state index contributed by atoms with van der Waals surface area (Å²) in [7, 11) is 0. The number of esters is 1. The molecule has 3 aromatic rings. The molecule has 0 bridgehead atoms. The first-order valence-corrected chi connectivity index (χ1v) is 13.8. The Hall–Kier alpha value is -2.88. The lowest BCUT2D eigenvalue weighted by Crippen LogP contribution is -2.39. The first kappa shape index (κ1) is 27.2. The smallest absolute Gasteiger partial charge is 0.338 e. The molecule has 7 nitrogen and oxygen atoms in total. The number of ether oxygens (including phenoxy) is 3. The highest BCUT2D eigenvalue weighted by Gasteiger charge is 2.33. The van der Waals surface area contributed by atoms with Gasteiger partial charge in [0, 0.05) is 16.7 Å². The molecule has 0 radical (unpaired) electrons. The lowest BCUT2D eigenvalue weighted by Gasteiger charge is -2.24. The molecule has 2 aromatic carbocycles. The van der Waals surface area contributed by atoms with Crippen molar-refractivity contribution in [2.45, 2.75) is 33.7 Å². The molecule has 2 heterocycles. The highest BCUT2D eigenvalue weighted by atomic mass is 79.9. The van der Waals surface area contributed by atoms with Crippen LogP contribution in [0, 0.1) is 0 Å². The Labute approximate surface area is 231 Å². The largest absolute Gasteiger partial charge is 0.493 e. The molecule has 1 aromatic heterocycles. The van der Waals surface area contributed by atoms with E-state index in [4.69, 9.17) is 25.8 Å². The van der Waals surface area contributed by atoms with Gasteiger partial charge in [0.15, 0.2) is 4.80 Å². The molecule has 37 heavy (non-hydrogen) atoms. The van der Waals surface area contributed by atoms with Crippen LogP contribution >= 0.6 is 38.9 Å². The summed E-state index contributed by atoms with van der Waals surface area (Å²) in [5.41, 5.74) is 2.00. The molecule has 0 unspecified atom stereocenters. The monoisotopic (exact) mass is 604 g/mol. The van der Waals surface area contributed by atoms with Crippen LogP contribution in [0.2, 0.25) is 5.02 Å². The molecule has 0 N–H and O–H groups in total. The van der Waals surface area contributed by atoms with Crippen LogP contribution in [0.4, 0.5) is 0 Å². The molecule has 1 atom stereocenters. The molecular formula is C27H26BrClN2O5S. The molecule has 0 saturated carbocycles. The number of hydrogen-bond donors (Lipinski definition) is 0. The number of carbonyl (C=O) groups excluding carboxylic acids is 1. The predicted octanol–water partition coefficient (Wildman–Crippen LogP) is 5.01. The first-order valence-electron chi connectivity index (χ1n) is 11.8. The second-order valence-corrected chi connectivity index (χ2v) is 10.3. The molecule has 4 rings (SSSR count). The Kier molecular flexibility index (Phi) is 8.56. The van der Waals surface area contributed by atoms with Crippen molar-refractivity contribution < 1.29 is 19.0 Å². The molecule has 0 spiro atoms. The van der Waals surface area contributed by atoms with Crippen LogP contribution in [0.15, 0.2) is 61.9 Å². The number of rotatable bonds is 8. The van der Waals surface area contributed by atoms with Gasteiger partial charge in [-0.15, -0.1) is 0 Å². The van der Waals surface area contributed by atoms with E-state index in [-0.39, 0.29) is 12.2 Å². The number of benzene rings is 2. The van der Waals surface area contributed by atoms with Gasteiger partial charge in [-0.2, -0.15) is 0 Å². The summed E-state index contributed by atoms with van der Waals surface area (Å²) < 4.78 is 19.6. The Bertz CT molecular complexity index is 1540.